The highest BCUT2D eigenvalue weighted by molar-refractivity contribution is 5.69. The molecule has 4 nitrogen and oxygen atoms in total. The Morgan fingerprint density at radius 2 is 2.06 bits per heavy atom. The zero-order valence-corrected chi connectivity index (χ0v) is 11.7. The van der Waals surface area contributed by atoms with Crippen LogP contribution >= 0.6 is 0 Å². The minimum absolute atomic E-state index is 0.137. The molecule has 2 atom stereocenters. The summed E-state index contributed by atoms with van der Waals surface area (Å²) >= 11 is 0. The number of hydrogen-bond acceptors (Lipinski definition) is 3. The van der Waals surface area contributed by atoms with Crippen molar-refractivity contribution in [3.8, 4) is 0 Å². The van der Waals surface area contributed by atoms with Crippen LogP contribution in [0.3, 0.4) is 0 Å². The number of ether oxygens (including phenoxy) is 1. The Bertz CT molecular complexity index is 355. The second kappa shape index (κ2) is 3.86. The maximum Gasteiger partial charge on any atom is 0.410 e. The van der Waals surface area contributed by atoms with Crippen molar-refractivity contribution in [2.24, 2.45) is 17.3 Å². The third-order valence-corrected chi connectivity index (χ3v) is 4.67. The average molecular weight is 252 g/mol. The second-order valence-electron chi connectivity index (χ2n) is 7.36. The summed E-state index contributed by atoms with van der Waals surface area (Å²) in [7, 11) is 0. The molecule has 1 N–H and O–H groups in total. The number of nitrogens with zero attached hydrogens (tertiary/aromatic N) is 1. The summed E-state index contributed by atoms with van der Waals surface area (Å²) in [6, 6.07) is 0. The van der Waals surface area contributed by atoms with Crippen molar-refractivity contribution in [3.63, 3.8) is 0 Å². The minimum Gasteiger partial charge on any atom is -0.444 e. The first-order valence-corrected chi connectivity index (χ1v) is 7.07. The Labute approximate surface area is 109 Å². The minimum atomic E-state index is -0.382. The van der Waals surface area contributed by atoms with Gasteiger partial charge in [-0.25, -0.2) is 4.79 Å². The fourth-order valence-corrected chi connectivity index (χ4v) is 3.95. The van der Waals surface area contributed by atoms with Crippen molar-refractivity contribution < 1.29 is 9.53 Å². The molecule has 0 aromatic heterocycles. The van der Waals surface area contributed by atoms with E-state index in [1.54, 1.807) is 0 Å². The summed E-state index contributed by atoms with van der Waals surface area (Å²) in [5.74, 6) is 1.61. The molecule has 2 unspecified atom stereocenters. The molecular weight excluding hydrogens is 228 g/mol. The van der Waals surface area contributed by atoms with Gasteiger partial charge in [0.05, 0.1) is 0 Å². The first kappa shape index (κ1) is 12.3. The maximum atomic E-state index is 12.0. The van der Waals surface area contributed by atoms with Crippen LogP contribution in [-0.2, 0) is 4.74 Å². The largest absolute Gasteiger partial charge is 0.444 e. The molecule has 2 saturated heterocycles. The van der Waals surface area contributed by atoms with Crippen molar-refractivity contribution >= 4 is 6.09 Å². The Hall–Kier alpha value is -0.770. The number of likely N-dealkylation sites (tertiary alicyclic amines) is 1. The lowest BCUT2D eigenvalue weighted by molar-refractivity contribution is -0.0487. The summed E-state index contributed by atoms with van der Waals surface area (Å²) in [5.41, 5.74) is 0.0258. The third-order valence-electron chi connectivity index (χ3n) is 4.67. The third kappa shape index (κ3) is 2.00. The highest BCUT2D eigenvalue weighted by atomic mass is 16.6. The van der Waals surface area contributed by atoms with E-state index in [4.69, 9.17) is 4.74 Å². The van der Waals surface area contributed by atoms with Gasteiger partial charge in [0.2, 0.25) is 0 Å². The molecule has 1 aliphatic carbocycles. The Balaban J connectivity index is 1.58. The molecule has 1 amide bonds. The number of rotatable bonds is 0. The normalized spacial score (nSPS) is 33.4. The van der Waals surface area contributed by atoms with Gasteiger partial charge in [0, 0.05) is 18.5 Å². The molecule has 102 valence electrons. The molecular formula is C14H24N2O2. The number of nitrogens with one attached hydrogen (secondary N) is 1. The number of amides is 1. The van der Waals surface area contributed by atoms with Crippen molar-refractivity contribution in [1.29, 1.82) is 0 Å². The van der Waals surface area contributed by atoms with E-state index in [1.807, 2.05) is 25.7 Å². The standard InChI is InChI=1S/C14H24N2O2/c1-13(2,3)18-12(17)16-8-14(9-16)5-10-4-11(14)7-15-6-10/h10-11,15H,4-9H2,1-3H3. The van der Waals surface area contributed by atoms with Gasteiger partial charge in [0.15, 0.2) is 0 Å². The molecule has 2 bridgehead atoms. The molecule has 18 heavy (non-hydrogen) atoms. The molecule has 2 heterocycles. The van der Waals surface area contributed by atoms with Crippen molar-refractivity contribution in [1.82, 2.24) is 10.2 Å². The SMILES string of the molecule is CC(C)(C)OC(=O)N1CC2(CC3CNCC2C3)C1. The molecule has 3 rings (SSSR count). The molecule has 3 aliphatic rings. The predicted octanol–water partition coefficient (Wildman–Crippen LogP) is 1.85. The van der Waals surface area contributed by atoms with Gasteiger partial charge in [-0.05, 0) is 58.5 Å². The first-order valence-electron chi connectivity index (χ1n) is 7.07. The van der Waals surface area contributed by atoms with E-state index in [0.29, 0.717) is 5.41 Å². The molecule has 0 aromatic rings. The van der Waals surface area contributed by atoms with E-state index in [-0.39, 0.29) is 11.7 Å². The first-order chi connectivity index (χ1) is 8.38. The van der Waals surface area contributed by atoms with E-state index in [1.165, 1.54) is 19.4 Å². The molecule has 1 saturated carbocycles. The van der Waals surface area contributed by atoms with Crippen LogP contribution in [-0.4, -0.2) is 42.8 Å². The number of fused-ring (bicyclic) bond motifs is 3. The molecule has 1 spiro atoms. The smallest absolute Gasteiger partial charge is 0.410 e. The molecule has 2 aliphatic heterocycles. The lowest BCUT2D eigenvalue weighted by Crippen LogP contribution is -2.61. The topological polar surface area (TPSA) is 41.6 Å². The van der Waals surface area contributed by atoms with E-state index in [9.17, 15) is 4.79 Å². The summed E-state index contributed by atoms with van der Waals surface area (Å²) < 4.78 is 5.43. The highest BCUT2D eigenvalue weighted by Gasteiger charge is 2.56. The molecule has 0 radical (unpaired) electrons. The number of piperidine rings is 1. The van der Waals surface area contributed by atoms with Crippen LogP contribution in [0.25, 0.3) is 0 Å². The average Bonchev–Trinajstić information content (AvgIpc) is 2.45. The van der Waals surface area contributed by atoms with Crippen molar-refractivity contribution in [3.05, 3.63) is 0 Å². The van der Waals surface area contributed by atoms with Crippen LogP contribution in [0.5, 0.6) is 0 Å². The van der Waals surface area contributed by atoms with Gasteiger partial charge in [0.25, 0.3) is 0 Å². The van der Waals surface area contributed by atoms with Crippen LogP contribution in [0.4, 0.5) is 4.79 Å². The van der Waals surface area contributed by atoms with Gasteiger partial charge >= 0.3 is 6.09 Å². The molecule has 0 aromatic carbocycles. The van der Waals surface area contributed by atoms with Crippen LogP contribution in [0.1, 0.15) is 33.6 Å². The summed E-state index contributed by atoms with van der Waals surface area (Å²) in [6.45, 7) is 9.89. The number of hydrogen-bond donors (Lipinski definition) is 1. The summed E-state index contributed by atoms with van der Waals surface area (Å²) in [6.07, 6.45) is 2.52. The van der Waals surface area contributed by atoms with Crippen LogP contribution in [0.2, 0.25) is 0 Å². The van der Waals surface area contributed by atoms with E-state index in [0.717, 1.165) is 31.5 Å². The molecule has 4 heteroatoms. The van der Waals surface area contributed by atoms with Crippen molar-refractivity contribution in [2.75, 3.05) is 26.2 Å². The monoisotopic (exact) mass is 252 g/mol. The predicted molar refractivity (Wildman–Crippen MR) is 69.3 cm³/mol. The summed E-state index contributed by atoms with van der Waals surface area (Å²) in [4.78, 5) is 13.8. The Morgan fingerprint density at radius 3 is 2.67 bits per heavy atom. The zero-order valence-electron chi connectivity index (χ0n) is 11.7. The van der Waals surface area contributed by atoms with Crippen LogP contribution in [0.15, 0.2) is 0 Å². The van der Waals surface area contributed by atoms with Gasteiger partial charge < -0.3 is 15.0 Å². The van der Waals surface area contributed by atoms with Crippen LogP contribution in [0, 0.1) is 17.3 Å². The van der Waals surface area contributed by atoms with E-state index in [2.05, 4.69) is 5.32 Å². The van der Waals surface area contributed by atoms with Crippen molar-refractivity contribution in [2.45, 2.75) is 39.2 Å². The van der Waals surface area contributed by atoms with E-state index >= 15 is 0 Å². The Morgan fingerprint density at radius 1 is 1.33 bits per heavy atom. The van der Waals surface area contributed by atoms with Gasteiger partial charge in [-0.2, -0.15) is 0 Å². The molecule has 3 fully saturated rings. The maximum absolute atomic E-state index is 12.0. The zero-order chi connectivity index (χ0) is 13.0. The van der Waals surface area contributed by atoms with Gasteiger partial charge in [0.1, 0.15) is 5.60 Å². The second-order valence-corrected chi connectivity index (χ2v) is 7.36. The fraction of sp³-hybridized carbons (Fsp3) is 0.929. The van der Waals surface area contributed by atoms with Gasteiger partial charge in [-0.1, -0.05) is 0 Å². The Kier molecular flexibility index (Phi) is 2.63. The van der Waals surface area contributed by atoms with Crippen LogP contribution < -0.4 is 5.32 Å². The lowest BCUT2D eigenvalue weighted by Gasteiger charge is -2.51. The fourth-order valence-electron chi connectivity index (χ4n) is 3.95. The summed E-state index contributed by atoms with van der Waals surface area (Å²) in [5, 5.41) is 3.52. The number of carbonyl (C=O) groups excluding carboxylic acids is 1. The van der Waals surface area contributed by atoms with Gasteiger partial charge in [-0.3, -0.25) is 0 Å². The van der Waals surface area contributed by atoms with E-state index < -0.39 is 0 Å². The highest BCUT2D eigenvalue weighted by Crippen LogP contribution is 2.53. The quantitative estimate of drug-likeness (QED) is 0.715. The number of carbonyl (C=O) groups is 1. The lowest BCUT2D eigenvalue weighted by atomic mass is 9.71. The van der Waals surface area contributed by atoms with Gasteiger partial charge in [-0.15, -0.1) is 0 Å².